The molecule has 4 nitrogen and oxygen atoms in total. The van der Waals surface area contributed by atoms with E-state index in [-0.39, 0.29) is 5.91 Å². The topological polar surface area (TPSA) is 45.2 Å². The zero-order chi connectivity index (χ0) is 17.9. The highest BCUT2D eigenvalue weighted by Gasteiger charge is 2.23. The smallest absolute Gasteiger partial charge is 0.252 e. The van der Waals surface area contributed by atoms with Gasteiger partial charge in [0, 0.05) is 22.5 Å². The quantitative estimate of drug-likeness (QED) is 0.736. The number of carbonyl (C=O) groups excluding carboxylic acids is 1. The third-order valence-electron chi connectivity index (χ3n) is 4.28. The van der Waals surface area contributed by atoms with Gasteiger partial charge in [0.2, 0.25) is 0 Å². The summed E-state index contributed by atoms with van der Waals surface area (Å²) in [5.41, 5.74) is 3.89. The van der Waals surface area contributed by atoms with Gasteiger partial charge in [0.15, 0.2) is 0 Å². The minimum atomic E-state index is -0.0865. The lowest BCUT2D eigenvalue weighted by Crippen LogP contribution is -2.23. The highest BCUT2D eigenvalue weighted by molar-refractivity contribution is 7.99. The van der Waals surface area contributed by atoms with Crippen LogP contribution in [0.4, 0.5) is 11.4 Å². The van der Waals surface area contributed by atoms with Crippen molar-refractivity contribution in [2.24, 2.45) is 0 Å². The molecule has 1 aliphatic rings. The van der Waals surface area contributed by atoms with Gasteiger partial charge in [-0.15, -0.1) is 0 Å². The summed E-state index contributed by atoms with van der Waals surface area (Å²) in [5, 5.41) is 2.80. The van der Waals surface area contributed by atoms with Crippen molar-refractivity contribution in [3.05, 3.63) is 78.1 Å². The van der Waals surface area contributed by atoms with Gasteiger partial charge in [0.05, 0.1) is 29.2 Å². The van der Waals surface area contributed by atoms with Crippen molar-refractivity contribution in [3.63, 3.8) is 0 Å². The van der Waals surface area contributed by atoms with Crippen LogP contribution in [0.1, 0.15) is 23.0 Å². The van der Waals surface area contributed by atoms with E-state index in [1.54, 1.807) is 18.0 Å². The molecule has 130 valence electrons. The van der Waals surface area contributed by atoms with E-state index in [4.69, 9.17) is 0 Å². The number of pyridine rings is 1. The summed E-state index contributed by atoms with van der Waals surface area (Å²) in [6.45, 7) is 3.17. The second-order valence-electron chi connectivity index (χ2n) is 6.02. The molecule has 0 spiro atoms. The molecule has 1 aliphatic heterocycles. The molecule has 4 rings (SSSR count). The molecule has 0 bridgehead atoms. The summed E-state index contributed by atoms with van der Waals surface area (Å²) in [7, 11) is 0. The third-order valence-corrected chi connectivity index (χ3v) is 5.41. The standard InChI is InChI=1S/C21H19N3OS/c1-2-22-21(25)15-11-12-16(23-13-15)14-24-17-7-3-5-9-19(17)26-20-10-6-4-8-18(20)24/h3-13H,2,14H2,1H3,(H,22,25). The predicted octanol–water partition coefficient (Wildman–Crippen LogP) is 4.63. The highest BCUT2D eigenvalue weighted by atomic mass is 32.2. The monoisotopic (exact) mass is 361 g/mol. The normalized spacial score (nSPS) is 12.3. The van der Waals surface area contributed by atoms with Gasteiger partial charge < -0.3 is 10.2 Å². The molecule has 0 unspecified atom stereocenters. The molecule has 1 aromatic heterocycles. The van der Waals surface area contributed by atoms with E-state index in [0.717, 1.165) is 5.69 Å². The lowest BCUT2D eigenvalue weighted by Gasteiger charge is -2.32. The number of carbonyl (C=O) groups is 1. The third kappa shape index (κ3) is 3.18. The van der Waals surface area contributed by atoms with Gasteiger partial charge in [-0.2, -0.15) is 0 Å². The average Bonchev–Trinajstić information content (AvgIpc) is 2.68. The minimum absolute atomic E-state index is 0.0865. The second kappa shape index (κ2) is 7.22. The first kappa shape index (κ1) is 16.7. The summed E-state index contributed by atoms with van der Waals surface area (Å²) in [6, 6.07) is 20.6. The number of hydrogen-bond acceptors (Lipinski definition) is 4. The molecule has 26 heavy (non-hydrogen) atoms. The number of nitrogens with zero attached hydrogens (tertiary/aromatic N) is 2. The van der Waals surface area contributed by atoms with Gasteiger partial charge >= 0.3 is 0 Å². The maximum atomic E-state index is 11.9. The fourth-order valence-electron chi connectivity index (χ4n) is 3.03. The maximum Gasteiger partial charge on any atom is 0.252 e. The summed E-state index contributed by atoms with van der Waals surface area (Å²) in [4.78, 5) is 21.2. The maximum absolute atomic E-state index is 11.9. The molecule has 1 amide bonds. The first-order valence-electron chi connectivity index (χ1n) is 8.63. The highest BCUT2D eigenvalue weighted by Crippen LogP contribution is 2.48. The number of rotatable bonds is 4. The molecule has 0 saturated heterocycles. The number of para-hydroxylation sites is 2. The van der Waals surface area contributed by atoms with E-state index >= 15 is 0 Å². The molecule has 0 radical (unpaired) electrons. The van der Waals surface area contributed by atoms with Crippen molar-refractivity contribution in [3.8, 4) is 0 Å². The van der Waals surface area contributed by atoms with Crippen LogP contribution < -0.4 is 10.2 Å². The molecule has 2 heterocycles. The Balaban J connectivity index is 1.65. The number of aromatic nitrogens is 1. The molecule has 1 N–H and O–H groups in total. The first-order chi connectivity index (χ1) is 12.8. The van der Waals surface area contributed by atoms with Crippen LogP contribution in [0.25, 0.3) is 0 Å². The van der Waals surface area contributed by atoms with Gasteiger partial charge in [-0.25, -0.2) is 0 Å². The molecule has 0 fully saturated rings. The van der Waals surface area contributed by atoms with Crippen LogP contribution in [0.15, 0.2) is 76.7 Å². The molecule has 3 aromatic rings. The van der Waals surface area contributed by atoms with Crippen molar-refractivity contribution in [1.82, 2.24) is 10.3 Å². The summed E-state index contributed by atoms with van der Waals surface area (Å²) >= 11 is 1.79. The molecule has 0 saturated carbocycles. The SMILES string of the molecule is CCNC(=O)c1ccc(CN2c3ccccc3Sc3ccccc32)nc1. The van der Waals surface area contributed by atoms with Gasteiger partial charge in [-0.05, 0) is 43.3 Å². The average molecular weight is 361 g/mol. The lowest BCUT2D eigenvalue weighted by molar-refractivity contribution is 0.0955. The molecular formula is C21H19N3OS. The van der Waals surface area contributed by atoms with Crippen molar-refractivity contribution < 1.29 is 4.79 Å². The fourth-order valence-corrected chi connectivity index (χ4v) is 4.12. The Hall–Kier alpha value is -2.79. The lowest BCUT2D eigenvalue weighted by atomic mass is 10.2. The van der Waals surface area contributed by atoms with Crippen LogP contribution in [0.3, 0.4) is 0 Å². The van der Waals surface area contributed by atoms with Crippen LogP contribution in [0, 0.1) is 0 Å². The Kier molecular flexibility index (Phi) is 4.63. The number of anilines is 2. The largest absolute Gasteiger partial charge is 0.352 e. The van der Waals surface area contributed by atoms with Gasteiger partial charge in [-0.1, -0.05) is 36.0 Å². The zero-order valence-corrected chi connectivity index (χ0v) is 15.3. The molecule has 5 heteroatoms. The molecule has 0 aliphatic carbocycles. The summed E-state index contributed by atoms with van der Waals surface area (Å²) in [5.74, 6) is -0.0865. The van der Waals surface area contributed by atoms with Crippen molar-refractivity contribution in [2.45, 2.75) is 23.3 Å². The van der Waals surface area contributed by atoms with Crippen LogP contribution in [-0.2, 0) is 6.54 Å². The van der Waals surface area contributed by atoms with Crippen molar-refractivity contribution in [1.29, 1.82) is 0 Å². The number of amides is 1. The van der Waals surface area contributed by atoms with Crippen molar-refractivity contribution >= 4 is 29.0 Å². The Labute approximate surface area is 157 Å². The van der Waals surface area contributed by atoms with Crippen LogP contribution in [-0.4, -0.2) is 17.4 Å². The predicted molar refractivity (Wildman–Crippen MR) is 105 cm³/mol. The summed E-state index contributed by atoms with van der Waals surface area (Å²) < 4.78 is 0. The van der Waals surface area contributed by atoms with E-state index in [0.29, 0.717) is 18.7 Å². The first-order valence-corrected chi connectivity index (χ1v) is 9.44. The van der Waals surface area contributed by atoms with E-state index in [2.05, 4.69) is 63.7 Å². The molecule has 2 aromatic carbocycles. The Morgan fingerprint density at radius 3 is 2.23 bits per heavy atom. The Bertz CT molecular complexity index is 894. The fraction of sp³-hybridized carbons (Fsp3) is 0.143. The van der Waals surface area contributed by atoms with E-state index in [9.17, 15) is 4.79 Å². The van der Waals surface area contributed by atoms with Crippen LogP contribution in [0.2, 0.25) is 0 Å². The Morgan fingerprint density at radius 1 is 1.00 bits per heavy atom. The molecular weight excluding hydrogens is 342 g/mol. The van der Waals surface area contributed by atoms with E-state index in [1.807, 2.05) is 19.1 Å². The number of hydrogen-bond donors (Lipinski definition) is 1. The second-order valence-corrected chi connectivity index (χ2v) is 7.11. The van der Waals surface area contributed by atoms with Gasteiger partial charge in [-0.3, -0.25) is 9.78 Å². The minimum Gasteiger partial charge on any atom is -0.352 e. The zero-order valence-electron chi connectivity index (χ0n) is 14.5. The van der Waals surface area contributed by atoms with Crippen LogP contribution in [0.5, 0.6) is 0 Å². The summed E-state index contributed by atoms with van der Waals surface area (Å²) in [6.07, 6.45) is 1.65. The van der Waals surface area contributed by atoms with Gasteiger partial charge in [0.1, 0.15) is 0 Å². The Morgan fingerprint density at radius 2 is 1.65 bits per heavy atom. The number of benzene rings is 2. The van der Waals surface area contributed by atoms with E-state index in [1.165, 1.54) is 21.2 Å². The van der Waals surface area contributed by atoms with Crippen molar-refractivity contribution in [2.75, 3.05) is 11.4 Å². The number of nitrogens with one attached hydrogen (secondary N) is 1. The van der Waals surface area contributed by atoms with E-state index < -0.39 is 0 Å². The van der Waals surface area contributed by atoms with Crippen LogP contribution >= 0.6 is 11.8 Å². The number of fused-ring (bicyclic) bond motifs is 2. The molecule has 0 atom stereocenters. The van der Waals surface area contributed by atoms with Gasteiger partial charge in [0.25, 0.3) is 5.91 Å².